The number of phenols is 1. The molecule has 1 rings (SSSR count). The summed E-state index contributed by atoms with van der Waals surface area (Å²) in [4.78, 5) is 10.9. The minimum absolute atomic E-state index is 0.162. The average molecular weight is 209 g/mol. The van der Waals surface area contributed by atoms with E-state index in [1.54, 1.807) is 24.3 Å². The van der Waals surface area contributed by atoms with Crippen molar-refractivity contribution in [2.24, 2.45) is 5.73 Å². The Morgan fingerprint density at radius 2 is 2.20 bits per heavy atom. The summed E-state index contributed by atoms with van der Waals surface area (Å²) in [5, 5.41) is 9.51. The Kier molecular flexibility index (Phi) is 4.12. The highest BCUT2D eigenvalue weighted by atomic mass is 16.5. The van der Waals surface area contributed by atoms with Crippen molar-refractivity contribution in [2.45, 2.75) is 18.9 Å². The third kappa shape index (κ3) is 3.25. The monoisotopic (exact) mass is 209 g/mol. The van der Waals surface area contributed by atoms with Gasteiger partial charge in [0.1, 0.15) is 5.75 Å². The van der Waals surface area contributed by atoms with Crippen molar-refractivity contribution in [3.8, 4) is 5.75 Å². The number of aromatic hydroxyl groups is 1. The third-order valence-corrected chi connectivity index (χ3v) is 2.22. The van der Waals surface area contributed by atoms with Gasteiger partial charge in [-0.1, -0.05) is 18.2 Å². The Morgan fingerprint density at radius 3 is 2.80 bits per heavy atom. The fraction of sp³-hybridized carbons (Fsp3) is 0.364. The van der Waals surface area contributed by atoms with Crippen molar-refractivity contribution in [3.05, 3.63) is 29.8 Å². The molecule has 4 heteroatoms. The Balaban J connectivity index is 2.57. The summed E-state index contributed by atoms with van der Waals surface area (Å²) in [5.41, 5.74) is 6.49. The van der Waals surface area contributed by atoms with Crippen molar-refractivity contribution >= 4 is 5.97 Å². The molecule has 1 unspecified atom stereocenters. The maximum absolute atomic E-state index is 10.9. The standard InChI is InChI=1S/C11H15NO3/c1-15-11(14)7-6-9(12)8-4-2-3-5-10(8)13/h2-5,9,13H,6-7,12H2,1H3. The van der Waals surface area contributed by atoms with Gasteiger partial charge in [0.05, 0.1) is 7.11 Å². The lowest BCUT2D eigenvalue weighted by Gasteiger charge is -2.12. The molecule has 15 heavy (non-hydrogen) atoms. The lowest BCUT2D eigenvalue weighted by Crippen LogP contribution is -2.13. The van der Waals surface area contributed by atoms with E-state index in [0.29, 0.717) is 12.0 Å². The second-order valence-corrected chi connectivity index (χ2v) is 3.28. The predicted octanol–water partition coefficient (Wildman–Crippen LogP) is 1.35. The Morgan fingerprint density at radius 1 is 1.53 bits per heavy atom. The molecule has 4 nitrogen and oxygen atoms in total. The minimum atomic E-state index is -0.342. The van der Waals surface area contributed by atoms with Crippen LogP contribution in [-0.4, -0.2) is 18.2 Å². The van der Waals surface area contributed by atoms with Crippen molar-refractivity contribution in [1.29, 1.82) is 0 Å². The maximum Gasteiger partial charge on any atom is 0.305 e. The van der Waals surface area contributed by atoms with Crippen LogP contribution in [0.4, 0.5) is 0 Å². The van der Waals surface area contributed by atoms with Gasteiger partial charge in [0.15, 0.2) is 0 Å². The van der Waals surface area contributed by atoms with E-state index in [2.05, 4.69) is 4.74 Å². The summed E-state index contributed by atoms with van der Waals surface area (Å²) >= 11 is 0. The zero-order chi connectivity index (χ0) is 11.3. The number of benzene rings is 1. The first-order valence-corrected chi connectivity index (χ1v) is 4.75. The second kappa shape index (κ2) is 5.36. The van der Waals surface area contributed by atoms with Crippen LogP contribution in [0.15, 0.2) is 24.3 Å². The molecule has 0 spiro atoms. The van der Waals surface area contributed by atoms with Gasteiger partial charge in [0.2, 0.25) is 0 Å². The number of hydrogen-bond donors (Lipinski definition) is 2. The van der Waals surface area contributed by atoms with E-state index < -0.39 is 0 Å². The van der Waals surface area contributed by atoms with Crippen LogP contribution in [-0.2, 0) is 9.53 Å². The SMILES string of the molecule is COC(=O)CCC(N)c1ccccc1O. The topological polar surface area (TPSA) is 72.5 Å². The molecule has 0 heterocycles. The van der Waals surface area contributed by atoms with E-state index in [1.807, 2.05) is 0 Å². The normalized spacial score (nSPS) is 12.1. The zero-order valence-corrected chi connectivity index (χ0v) is 8.64. The molecule has 0 aromatic heterocycles. The van der Waals surface area contributed by atoms with Gasteiger partial charge in [-0.15, -0.1) is 0 Å². The van der Waals surface area contributed by atoms with Crippen molar-refractivity contribution in [3.63, 3.8) is 0 Å². The van der Waals surface area contributed by atoms with Crippen LogP contribution in [0, 0.1) is 0 Å². The van der Waals surface area contributed by atoms with Crippen LogP contribution in [0.1, 0.15) is 24.4 Å². The maximum atomic E-state index is 10.9. The van der Waals surface area contributed by atoms with Gasteiger partial charge in [0.25, 0.3) is 0 Å². The van der Waals surface area contributed by atoms with Crippen LogP contribution in [0.25, 0.3) is 0 Å². The molecule has 0 aliphatic carbocycles. The lowest BCUT2D eigenvalue weighted by molar-refractivity contribution is -0.140. The van der Waals surface area contributed by atoms with Gasteiger partial charge in [-0.05, 0) is 12.5 Å². The number of hydrogen-bond acceptors (Lipinski definition) is 4. The predicted molar refractivity (Wildman–Crippen MR) is 56.3 cm³/mol. The summed E-state index contributed by atoms with van der Waals surface area (Å²) in [6.45, 7) is 0. The minimum Gasteiger partial charge on any atom is -0.508 e. The Bertz CT molecular complexity index is 338. The molecule has 1 aromatic carbocycles. The van der Waals surface area contributed by atoms with Crippen LogP contribution in [0.2, 0.25) is 0 Å². The molecule has 0 fully saturated rings. The van der Waals surface area contributed by atoms with Crippen LogP contribution in [0.3, 0.4) is 0 Å². The van der Waals surface area contributed by atoms with Gasteiger partial charge in [-0.2, -0.15) is 0 Å². The summed E-state index contributed by atoms with van der Waals surface area (Å²) in [5.74, 6) is -0.129. The van der Waals surface area contributed by atoms with Gasteiger partial charge in [-0.25, -0.2) is 0 Å². The second-order valence-electron chi connectivity index (χ2n) is 3.28. The van der Waals surface area contributed by atoms with E-state index in [0.717, 1.165) is 0 Å². The first-order valence-electron chi connectivity index (χ1n) is 4.75. The van der Waals surface area contributed by atoms with Gasteiger partial charge < -0.3 is 15.6 Å². The number of carbonyl (C=O) groups excluding carboxylic acids is 1. The molecule has 0 radical (unpaired) electrons. The molecule has 0 aliphatic heterocycles. The smallest absolute Gasteiger partial charge is 0.305 e. The molecule has 0 amide bonds. The largest absolute Gasteiger partial charge is 0.508 e. The highest BCUT2D eigenvalue weighted by Crippen LogP contribution is 2.24. The molecule has 1 atom stereocenters. The van der Waals surface area contributed by atoms with E-state index in [-0.39, 0.29) is 24.2 Å². The molecule has 1 aromatic rings. The highest BCUT2D eigenvalue weighted by Gasteiger charge is 2.12. The van der Waals surface area contributed by atoms with Crippen molar-refractivity contribution in [1.82, 2.24) is 0 Å². The van der Waals surface area contributed by atoms with Crippen LogP contribution < -0.4 is 5.73 Å². The number of para-hydroxylation sites is 1. The molecule has 3 N–H and O–H groups in total. The highest BCUT2D eigenvalue weighted by molar-refractivity contribution is 5.69. The number of carbonyl (C=O) groups is 1. The number of ether oxygens (including phenoxy) is 1. The molecular weight excluding hydrogens is 194 g/mol. The van der Waals surface area contributed by atoms with E-state index in [4.69, 9.17) is 5.73 Å². The number of nitrogens with two attached hydrogens (primary N) is 1. The Labute approximate surface area is 88.7 Å². The fourth-order valence-corrected chi connectivity index (χ4v) is 1.33. The van der Waals surface area contributed by atoms with Gasteiger partial charge in [-0.3, -0.25) is 4.79 Å². The summed E-state index contributed by atoms with van der Waals surface area (Å²) in [6.07, 6.45) is 0.718. The van der Waals surface area contributed by atoms with Crippen molar-refractivity contribution < 1.29 is 14.6 Å². The molecule has 0 saturated carbocycles. The molecule has 0 saturated heterocycles. The summed E-state index contributed by atoms with van der Waals surface area (Å²) in [6, 6.07) is 6.51. The van der Waals surface area contributed by atoms with E-state index >= 15 is 0 Å². The van der Waals surface area contributed by atoms with Crippen molar-refractivity contribution in [2.75, 3.05) is 7.11 Å². The average Bonchev–Trinajstić information content (AvgIpc) is 2.26. The summed E-state index contributed by atoms with van der Waals surface area (Å²) in [7, 11) is 1.34. The quantitative estimate of drug-likeness (QED) is 0.734. The number of methoxy groups -OCH3 is 1. The van der Waals surface area contributed by atoms with Gasteiger partial charge >= 0.3 is 5.97 Å². The first kappa shape index (κ1) is 11.5. The number of phenolic OH excluding ortho intramolecular Hbond substituents is 1. The zero-order valence-electron chi connectivity index (χ0n) is 8.64. The molecule has 0 bridgehead atoms. The first-order chi connectivity index (χ1) is 7.15. The molecular formula is C11H15NO3. The molecule has 0 aliphatic rings. The Hall–Kier alpha value is -1.55. The van der Waals surface area contributed by atoms with Crippen LogP contribution in [0.5, 0.6) is 5.75 Å². The number of esters is 1. The van der Waals surface area contributed by atoms with Crippen LogP contribution >= 0.6 is 0 Å². The van der Waals surface area contributed by atoms with Gasteiger partial charge in [0, 0.05) is 18.0 Å². The van der Waals surface area contributed by atoms with E-state index in [1.165, 1.54) is 7.11 Å². The third-order valence-electron chi connectivity index (χ3n) is 2.22. The summed E-state index contributed by atoms with van der Waals surface area (Å²) < 4.78 is 4.51. The fourth-order valence-electron chi connectivity index (χ4n) is 1.33. The molecule has 82 valence electrons. The van der Waals surface area contributed by atoms with E-state index in [9.17, 15) is 9.90 Å². The number of rotatable bonds is 4. The lowest BCUT2D eigenvalue weighted by atomic mass is 10.0.